The lowest BCUT2D eigenvalue weighted by molar-refractivity contribution is 0.378. The van der Waals surface area contributed by atoms with Gasteiger partial charge in [-0.2, -0.15) is 4.31 Å². The molecule has 3 rings (SSSR count). The molecule has 0 radical (unpaired) electrons. The van der Waals surface area contributed by atoms with Gasteiger partial charge in [0.05, 0.1) is 9.64 Å². The monoisotopic (exact) mass is 327 g/mol. The van der Waals surface area contributed by atoms with Crippen molar-refractivity contribution in [1.82, 2.24) is 4.31 Å². The largest absolute Gasteiger partial charge is 0.259 e. The first kappa shape index (κ1) is 15.2. The minimum atomic E-state index is -3.48. The van der Waals surface area contributed by atoms with Gasteiger partial charge in [-0.1, -0.05) is 6.07 Å². The summed E-state index contributed by atoms with van der Waals surface area (Å²) in [6, 6.07) is 5.50. The molecule has 1 aliphatic carbocycles. The number of sulfonamides is 1. The number of nitrogens with zero attached hydrogens (tertiary/aromatic N) is 1. The first-order chi connectivity index (χ1) is 9.80. The van der Waals surface area contributed by atoms with Gasteiger partial charge in [0.15, 0.2) is 0 Å². The molecule has 1 aliphatic heterocycles. The fourth-order valence-corrected chi connectivity index (χ4v) is 6.19. The van der Waals surface area contributed by atoms with Crippen LogP contribution in [0.15, 0.2) is 23.1 Å². The molecular formula is C15H21NO3S2. The first-order valence-corrected chi connectivity index (χ1v) is 10.1. The number of aryl methyl sites for hydroxylation is 2. The number of hydrogen-bond donors (Lipinski definition) is 0. The lowest BCUT2D eigenvalue weighted by Crippen LogP contribution is -2.51. The highest BCUT2D eigenvalue weighted by Gasteiger charge is 2.38. The summed E-state index contributed by atoms with van der Waals surface area (Å²) in [4.78, 5) is 0.381. The van der Waals surface area contributed by atoms with E-state index in [0.29, 0.717) is 23.7 Å². The molecule has 116 valence electrons. The normalized spacial score (nSPS) is 25.7. The average Bonchev–Trinajstić information content (AvgIpc) is 2.88. The minimum absolute atomic E-state index is 0.318. The van der Waals surface area contributed by atoms with Crippen LogP contribution < -0.4 is 0 Å². The second-order valence-electron chi connectivity index (χ2n) is 6.43. The van der Waals surface area contributed by atoms with Crippen LogP contribution in [-0.4, -0.2) is 40.5 Å². The molecule has 1 fully saturated rings. The van der Waals surface area contributed by atoms with Crippen molar-refractivity contribution < 1.29 is 12.6 Å². The van der Waals surface area contributed by atoms with E-state index in [9.17, 15) is 12.6 Å². The molecule has 2 aliphatic rings. The Kier molecular flexibility index (Phi) is 3.74. The van der Waals surface area contributed by atoms with Crippen molar-refractivity contribution >= 4 is 20.8 Å². The third-order valence-corrected chi connectivity index (χ3v) is 8.16. The van der Waals surface area contributed by atoms with Crippen molar-refractivity contribution in [2.45, 2.75) is 42.8 Å². The maximum Gasteiger partial charge on any atom is 0.243 e. The van der Waals surface area contributed by atoms with E-state index < -0.39 is 25.6 Å². The van der Waals surface area contributed by atoms with Gasteiger partial charge < -0.3 is 0 Å². The third-order valence-electron chi connectivity index (χ3n) is 4.41. The first-order valence-electron chi connectivity index (χ1n) is 7.31. The van der Waals surface area contributed by atoms with E-state index >= 15 is 0 Å². The highest BCUT2D eigenvalue weighted by molar-refractivity contribution is 7.89. The van der Waals surface area contributed by atoms with Crippen LogP contribution in [0, 0.1) is 0 Å². The molecule has 0 N–H and O–H groups in total. The Morgan fingerprint density at radius 3 is 2.62 bits per heavy atom. The van der Waals surface area contributed by atoms with Gasteiger partial charge in [-0.25, -0.2) is 8.42 Å². The molecule has 1 heterocycles. The molecule has 6 heteroatoms. The van der Waals surface area contributed by atoms with Crippen LogP contribution in [0.1, 0.15) is 31.4 Å². The van der Waals surface area contributed by atoms with E-state index in [-0.39, 0.29) is 0 Å². The SMILES string of the molecule is CC1(C)CN(S(=O)(=O)c2ccc3c(c2)CCC3)CC[S@]1=O. The smallest absolute Gasteiger partial charge is 0.243 e. The zero-order chi connectivity index (χ0) is 15.3. The second-order valence-corrected chi connectivity index (χ2v) is 10.6. The van der Waals surface area contributed by atoms with E-state index in [1.54, 1.807) is 6.07 Å². The molecular weight excluding hydrogens is 306 g/mol. The van der Waals surface area contributed by atoms with Crippen molar-refractivity contribution in [3.63, 3.8) is 0 Å². The summed E-state index contributed by atoms with van der Waals surface area (Å²) < 4.78 is 38.6. The van der Waals surface area contributed by atoms with E-state index in [1.165, 1.54) is 9.87 Å². The van der Waals surface area contributed by atoms with Gasteiger partial charge in [-0.15, -0.1) is 0 Å². The van der Waals surface area contributed by atoms with Crippen LogP contribution >= 0.6 is 0 Å². The Morgan fingerprint density at radius 1 is 1.19 bits per heavy atom. The lowest BCUT2D eigenvalue weighted by Gasteiger charge is -2.36. The molecule has 0 saturated carbocycles. The Labute approximate surface area is 129 Å². The molecule has 0 unspecified atom stereocenters. The molecule has 0 bridgehead atoms. The summed E-state index contributed by atoms with van der Waals surface area (Å²) in [6.45, 7) is 4.40. The number of benzene rings is 1. The van der Waals surface area contributed by atoms with Crippen LogP contribution in [0.5, 0.6) is 0 Å². The van der Waals surface area contributed by atoms with Gasteiger partial charge in [0.2, 0.25) is 10.0 Å². The summed E-state index contributed by atoms with van der Waals surface area (Å²) in [5.41, 5.74) is 2.44. The molecule has 1 aromatic rings. The summed E-state index contributed by atoms with van der Waals surface area (Å²) in [5.74, 6) is 0.414. The Morgan fingerprint density at radius 2 is 1.90 bits per heavy atom. The van der Waals surface area contributed by atoms with Crippen LogP contribution in [0.25, 0.3) is 0 Å². The van der Waals surface area contributed by atoms with E-state index in [0.717, 1.165) is 24.8 Å². The Bertz CT molecular complexity index is 695. The van der Waals surface area contributed by atoms with Crippen LogP contribution in [-0.2, 0) is 33.7 Å². The molecule has 1 aromatic carbocycles. The maximum atomic E-state index is 12.8. The maximum absolute atomic E-state index is 12.8. The van der Waals surface area contributed by atoms with E-state index in [1.807, 2.05) is 26.0 Å². The molecule has 1 atom stereocenters. The van der Waals surface area contributed by atoms with Gasteiger partial charge >= 0.3 is 0 Å². The number of hydrogen-bond acceptors (Lipinski definition) is 3. The predicted molar refractivity (Wildman–Crippen MR) is 84.3 cm³/mol. The molecule has 21 heavy (non-hydrogen) atoms. The topological polar surface area (TPSA) is 54.5 Å². The van der Waals surface area contributed by atoms with E-state index in [4.69, 9.17) is 0 Å². The zero-order valence-corrected chi connectivity index (χ0v) is 14.1. The van der Waals surface area contributed by atoms with Crippen molar-refractivity contribution in [2.24, 2.45) is 0 Å². The van der Waals surface area contributed by atoms with Crippen molar-refractivity contribution in [3.8, 4) is 0 Å². The molecule has 4 nitrogen and oxygen atoms in total. The van der Waals surface area contributed by atoms with Crippen molar-refractivity contribution in [1.29, 1.82) is 0 Å². The van der Waals surface area contributed by atoms with Crippen molar-refractivity contribution in [3.05, 3.63) is 29.3 Å². The Balaban J connectivity index is 1.92. The number of fused-ring (bicyclic) bond motifs is 1. The van der Waals surface area contributed by atoms with Gasteiger partial charge in [0.1, 0.15) is 0 Å². The quantitative estimate of drug-likeness (QED) is 0.831. The van der Waals surface area contributed by atoms with Gasteiger partial charge in [0.25, 0.3) is 0 Å². The number of rotatable bonds is 2. The summed E-state index contributed by atoms with van der Waals surface area (Å²) in [7, 11) is -4.45. The zero-order valence-electron chi connectivity index (χ0n) is 12.5. The fraction of sp³-hybridized carbons (Fsp3) is 0.600. The highest BCUT2D eigenvalue weighted by Crippen LogP contribution is 2.29. The molecule has 0 spiro atoms. The summed E-state index contributed by atoms with van der Waals surface area (Å²) >= 11 is 0. The second kappa shape index (κ2) is 5.18. The lowest BCUT2D eigenvalue weighted by atomic mass is 10.1. The third kappa shape index (κ3) is 2.69. The van der Waals surface area contributed by atoms with Crippen LogP contribution in [0.2, 0.25) is 0 Å². The highest BCUT2D eigenvalue weighted by atomic mass is 32.2. The van der Waals surface area contributed by atoms with E-state index in [2.05, 4.69) is 0 Å². The summed E-state index contributed by atoms with van der Waals surface area (Å²) in [5, 5.41) is 0. The van der Waals surface area contributed by atoms with Crippen molar-refractivity contribution in [2.75, 3.05) is 18.8 Å². The predicted octanol–water partition coefficient (Wildman–Crippen LogP) is 1.71. The fourth-order valence-electron chi connectivity index (χ4n) is 3.10. The van der Waals surface area contributed by atoms with Gasteiger partial charge in [-0.05, 0) is 56.4 Å². The average molecular weight is 327 g/mol. The van der Waals surface area contributed by atoms with Crippen LogP contribution in [0.3, 0.4) is 0 Å². The van der Waals surface area contributed by atoms with Gasteiger partial charge in [0, 0.05) is 29.6 Å². The molecule has 0 aromatic heterocycles. The van der Waals surface area contributed by atoms with Crippen LogP contribution in [0.4, 0.5) is 0 Å². The summed E-state index contributed by atoms with van der Waals surface area (Å²) in [6.07, 6.45) is 3.12. The minimum Gasteiger partial charge on any atom is -0.259 e. The molecule has 0 amide bonds. The van der Waals surface area contributed by atoms with Gasteiger partial charge in [-0.3, -0.25) is 4.21 Å². The standard InChI is InChI=1S/C15H21NO3S2/c1-15(2)11-16(8-9-20(15)17)21(18,19)14-7-6-12-4-3-5-13(12)10-14/h6-7,10H,3-5,8-9,11H2,1-2H3/t20-/m1/s1. The molecule has 1 saturated heterocycles. The Hall–Kier alpha value is -0.720.